The van der Waals surface area contributed by atoms with E-state index in [-0.39, 0.29) is 17.8 Å². The molecular weight excluding hydrogens is 411 g/mol. The van der Waals surface area contributed by atoms with Crippen molar-refractivity contribution in [2.75, 3.05) is 0 Å². The lowest BCUT2D eigenvalue weighted by Crippen LogP contribution is -2.06. The van der Waals surface area contributed by atoms with Crippen LogP contribution in [0.3, 0.4) is 0 Å². The summed E-state index contributed by atoms with van der Waals surface area (Å²) in [6.07, 6.45) is 1.07. The van der Waals surface area contributed by atoms with Crippen molar-refractivity contribution in [3.05, 3.63) is 73.8 Å². The molecular formula is C19H13BrClFO3. The summed E-state index contributed by atoms with van der Waals surface area (Å²) in [6, 6.07) is 9.78. The van der Waals surface area contributed by atoms with Gasteiger partial charge in [-0.3, -0.25) is 0 Å². The third-order valence-electron chi connectivity index (χ3n) is 4.45. The van der Waals surface area contributed by atoms with Gasteiger partial charge in [0.2, 0.25) is 0 Å². The smallest absolute Gasteiger partial charge is 0.336 e. The molecule has 0 aliphatic heterocycles. The van der Waals surface area contributed by atoms with E-state index >= 15 is 0 Å². The molecule has 0 N–H and O–H groups in total. The summed E-state index contributed by atoms with van der Waals surface area (Å²) in [5.74, 6) is 0.481. The summed E-state index contributed by atoms with van der Waals surface area (Å²) in [5, 5.41) is 0.766. The Morgan fingerprint density at radius 2 is 2.12 bits per heavy atom. The highest BCUT2D eigenvalue weighted by Crippen LogP contribution is 2.40. The summed E-state index contributed by atoms with van der Waals surface area (Å²) < 4.78 is 26.4. The molecule has 6 heteroatoms. The van der Waals surface area contributed by atoms with E-state index in [9.17, 15) is 9.18 Å². The summed E-state index contributed by atoms with van der Waals surface area (Å²) >= 11 is 9.35. The second-order valence-corrected chi connectivity index (χ2v) is 7.07. The average Bonchev–Trinajstić information content (AvgIpc) is 3.02. The largest absolute Gasteiger partial charge is 0.485 e. The van der Waals surface area contributed by atoms with E-state index in [0.29, 0.717) is 28.9 Å². The van der Waals surface area contributed by atoms with Crippen LogP contribution < -0.4 is 10.4 Å². The van der Waals surface area contributed by atoms with Gasteiger partial charge in [-0.15, -0.1) is 11.6 Å². The molecule has 0 spiro atoms. The van der Waals surface area contributed by atoms with Gasteiger partial charge in [-0.25, -0.2) is 9.18 Å². The standard InChI is InChI=1S/C19H13BrClFO3/c20-14-4-5-15(22)19-13(14)3-6-16(19)24-11-1-2-12-10(9-21)7-18(23)25-17(12)8-11/h1-2,4-5,7-8,16H,3,6,9H2/t16-/m1/s1. The monoisotopic (exact) mass is 422 g/mol. The highest BCUT2D eigenvalue weighted by atomic mass is 79.9. The number of benzene rings is 2. The minimum Gasteiger partial charge on any atom is -0.485 e. The van der Waals surface area contributed by atoms with Crippen LogP contribution in [0.4, 0.5) is 4.39 Å². The molecule has 0 saturated heterocycles. The molecule has 1 heterocycles. The van der Waals surface area contributed by atoms with Crippen LogP contribution in [0.25, 0.3) is 11.0 Å². The Balaban J connectivity index is 1.72. The quantitative estimate of drug-likeness (QED) is 0.412. The van der Waals surface area contributed by atoms with E-state index in [1.54, 1.807) is 24.3 Å². The van der Waals surface area contributed by atoms with Crippen molar-refractivity contribution in [1.82, 2.24) is 0 Å². The van der Waals surface area contributed by atoms with E-state index in [1.165, 1.54) is 12.1 Å². The van der Waals surface area contributed by atoms with Gasteiger partial charge < -0.3 is 9.15 Å². The minimum atomic E-state index is -0.457. The summed E-state index contributed by atoms with van der Waals surface area (Å²) in [7, 11) is 0. The molecule has 0 fully saturated rings. The number of fused-ring (bicyclic) bond motifs is 2. The maximum absolute atomic E-state index is 14.3. The maximum Gasteiger partial charge on any atom is 0.336 e. The molecule has 0 bridgehead atoms. The van der Waals surface area contributed by atoms with Crippen LogP contribution in [0.15, 0.2) is 50.1 Å². The van der Waals surface area contributed by atoms with Crippen molar-refractivity contribution in [1.29, 1.82) is 0 Å². The lowest BCUT2D eigenvalue weighted by molar-refractivity contribution is 0.203. The highest BCUT2D eigenvalue weighted by Gasteiger charge is 2.29. The van der Waals surface area contributed by atoms with Gasteiger partial charge in [0, 0.05) is 33.4 Å². The molecule has 128 valence electrons. The van der Waals surface area contributed by atoms with Crippen LogP contribution in [-0.2, 0) is 12.3 Å². The van der Waals surface area contributed by atoms with E-state index in [1.807, 2.05) is 0 Å². The summed E-state index contributed by atoms with van der Waals surface area (Å²) in [4.78, 5) is 11.6. The van der Waals surface area contributed by atoms with Gasteiger partial charge in [-0.05, 0) is 48.2 Å². The van der Waals surface area contributed by atoms with Crippen LogP contribution >= 0.6 is 27.5 Å². The van der Waals surface area contributed by atoms with Crippen LogP contribution in [0, 0.1) is 5.82 Å². The Labute approximate surface area is 156 Å². The summed E-state index contributed by atoms with van der Waals surface area (Å²) in [6.45, 7) is 0. The molecule has 25 heavy (non-hydrogen) atoms. The fourth-order valence-corrected chi connectivity index (χ4v) is 4.07. The van der Waals surface area contributed by atoms with Gasteiger partial charge in [0.25, 0.3) is 0 Å². The van der Waals surface area contributed by atoms with Crippen molar-refractivity contribution in [3.8, 4) is 5.75 Å². The lowest BCUT2D eigenvalue weighted by atomic mass is 10.1. The maximum atomic E-state index is 14.3. The number of rotatable bonds is 3. The third kappa shape index (κ3) is 2.96. The van der Waals surface area contributed by atoms with Crippen molar-refractivity contribution < 1.29 is 13.5 Å². The van der Waals surface area contributed by atoms with Crippen molar-refractivity contribution in [3.63, 3.8) is 0 Å². The molecule has 3 aromatic rings. The van der Waals surface area contributed by atoms with E-state index in [0.717, 1.165) is 21.8 Å². The Morgan fingerprint density at radius 1 is 1.28 bits per heavy atom. The Morgan fingerprint density at radius 3 is 2.92 bits per heavy atom. The molecule has 0 saturated carbocycles. The first-order valence-corrected chi connectivity index (χ1v) is 9.16. The SMILES string of the molecule is O=c1cc(CCl)c2ccc(O[C@@H]3CCc4c(Br)ccc(F)c43)cc2o1. The Hall–Kier alpha value is -1.85. The van der Waals surface area contributed by atoms with Crippen LogP contribution in [0.1, 0.15) is 29.2 Å². The normalized spacial score (nSPS) is 16.2. The first kappa shape index (κ1) is 16.6. The van der Waals surface area contributed by atoms with E-state index in [4.69, 9.17) is 20.8 Å². The first-order valence-electron chi connectivity index (χ1n) is 7.83. The molecule has 0 unspecified atom stereocenters. The van der Waals surface area contributed by atoms with Crippen LogP contribution in [0.2, 0.25) is 0 Å². The molecule has 4 rings (SSSR count). The summed E-state index contributed by atoms with van der Waals surface area (Å²) in [5.41, 5.74) is 2.20. The third-order valence-corrected chi connectivity index (χ3v) is 5.48. The van der Waals surface area contributed by atoms with E-state index < -0.39 is 5.63 Å². The number of alkyl halides is 1. The second kappa shape index (κ2) is 6.46. The van der Waals surface area contributed by atoms with Gasteiger partial charge in [0.1, 0.15) is 23.3 Å². The second-order valence-electron chi connectivity index (χ2n) is 5.95. The number of hydrogen-bond donors (Lipinski definition) is 0. The minimum absolute atomic E-state index is 0.220. The van der Waals surface area contributed by atoms with Gasteiger partial charge in [0.05, 0.1) is 0 Å². The fraction of sp³-hybridized carbons (Fsp3) is 0.211. The zero-order valence-electron chi connectivity index (χ0n) is 13.0. The Bertz CT molecular complexity index is 1030. The van der Waals surface area contributed by atoms with Gasteiger partial charge in [-0.2, -0.15) is 0 Å². The molecule has 1 aliphatic carbocycles. The van der Waals surface area contributed by atoms with Gasteiger partial charge in [-0.1, -0.05) is 15.9 Å². The fourth-order valence-electron chi connectivity index (χ4n) is 3.31. The molecule has 1 atom stereocenters. The van der Waals surface area contributed by atoms with Gasteiger partial charge >= 0.3 is 5.63 Å². The average molecular weight is 424 g/mol. The molecule has 2 aromatic carbocycles. The Kier molecular flexibility index (Phi) is 4.29. The van der Waals surface area contributed by atoms with Crippen molar-refractivity contribution >= 4 is 38.5 Å². The zero-order valence-corrected chi connectivity index (χ0v) is 15.4. The number of ether oxygens (including phenoxy) is 1. The predicted octanol–water partition coefficient (Wildman–Crippen LogP) is 5.50. The molecule has 3 nitrogen and oxygen atoms in total. The number of halogens is 3. The molecule has 0 radical (unpaired) electrons. The molecule has 0 amide bonds. The van der Waals surface area contributed by atoms with E-state index in [2.05, 4.69) is 15.9 Å². The van der Waals surface area contributed by atoms with Crippen LogP contribution in [0.5, 0.6) is 5.75 Å². The zero-order chi connectivity index (χ0) is 17.6. The van der Waals surface area contributed by atoms with Gasteiger partial charge in [0.15, 0.2) is 0 Å². The van der Waals surface area contributed by atoms with Crippen molar-refractivity contribution in [2.45, 2.75) is 24.8 Å². The molecule has 1 aromatic heterocycles. The number of hydrogen-bond acceptors (Lipinski definition) is 3. The van der Waals surface area contributed by atoms with Crippen LogP contribution in [-0.4, -0.2) is 0 Å². The van der Waals surface area contributed by atoms with Crippen molar-refractivity contribution in [2.24, 2.45) is 0 Å². The topological polar surface area (TPSA) is 39.4 Å². The predicted molar refractivity (Wildman–Crippen MR) is 97.8 cm³/mol. The molecule has 1 aliphatic rings. The first-order chi connectivity index (χ1) is 12.1. The highest BCUT2D eigenvalue weighted by molar-refractivity contribution is 9.10. The lowest BCUT2D eigenvalue weighted by Gasteiger charge is -2.16.